The summed E-state index contributed by atoms with van der Waals surface area (Å²) in [6.07, 6.45) is 4.31. The summed E-state index contributed by atoms with van der Waals surface area (Å²) in [5.41, 5.74) is 7.33. The molecule has 6 rings (SSSR count). The van der Waals surface area contributed by atoms with Crippen molar-refractivity contribution >= 4 is 38.5 Å². The molecule has 0 aliphatic carbocycles. The molecule has 1 aliphatic rings. The Hall–Kier alpha value is -3.85. The van der Waals surface area contributed by atoms with Crippen LogP contribution in [-0.2, 0) is 29.5 Å². The number of pyridine rings is 1. The minimum atomic E-state index is -0.920. The van der Waals surface area contributed by atoms with Crippen LogP contribution >= 0.6 is 0 Å². The highest BCUT2D eigenvalue weighted by atomic mass is 32.2. The molecule has 1 atom stereocenters. The molecule has 0 spiro atoms. The largest absolute Gasteiger partial charge is 0.345 e. The second-order valence-corrected chi connectivity index (χ2v) is 10.1. The number of carbonyl (C=O) groups is 1. The smallest absolute Gasteiger partial charge is 0.251 e. The Morgan fingerprint density at radius 1 is 1.12 bits per heavy atom. The van der Waals surface area contributed by atoms with Gasteiger partial charge in [-0.3, -0.25) is 14.1 Å². The minimum absolute atomic E-state index is 0.169. The third-order valence-electron chi connectivity index (χ3n) is 6.26. The number of benzene rings is 2. The third kappa shape index (κ3) is 3.58. The summed E-state index contributed by atoms with van der Waals surface area (Å²) in [5, 5.41) is 12.2. The Morgan fingerprint density at radius 2 is 1.97 bits per heavy atom. The number of aromatic amines is 2. The molecule has 1 aliphatic heterocycles. The number of carbonyl (C=O) groups excluding carboxylic acids is 1. The zero-order valence-electron chi connectivity index (χ0n) is 18.5. The summed E-state index contributed by atoms with van der Waals surface area (Å²) in [7, 11) is -0.920. The zero-order chi connectivity index (χ0) is 23.2. The number of amides is 1. The molecule has 0 saturated heterocycles. The molecule has 9 heteroatoms. The first-order chi connectivity index (χ1) is 16.6. The number of hydrogen-bond donors (Lipinski definition) is 3. The highest BCUT2D eigenvalue weighted by molar-refractivity contribution is 7.84. The maximum Gasteiger partial charge on any atom is 0.251 e. The van der Waals surface area contributed by atoms with E-state index in [1.807, 2.05) is 37.4 Å². The Morgan fingerprint density at radius 3 is 2.76 bits per heavy atom. The molecular formula is C25H22N6O2S. The Labute approximate surface area is 197 Å². The zero-order valence-corrected chi connectivity index (χ0v) is 19.3. The molecule has 8 nitrogen and oxygen atoms in total. The SMILES string of the molecule is Cc1cnc(CNC(=O)c2ccc(-c3nc4ccc5[nH]ncc5c4c4c3CS(=O)CC4)cc2)[nH]1. The monoisotopic (exact) mass is 470 g/mol. The van der Waals surface area contributed by atoms with E-state index in [0.717, 1.165) is 50.7 Å². The summed E-state index contributed by atoms with van der Waals surface area (Å²) in [6, 6.07) is 11.4. The van der Waals surface area contributed by atoms with Gasteiger partial charge in [-0.1, -0.05) is 12.1 Å². The molecule has 1 unspecified atom stereocenters. The van der Waals surface area contributed by atoms with E-state index in [1.165, 1.54) is 5.56 Å². The van der Waals surface area contributed by atoms with Gasteiger partial charge in [-0.2, -0.15) is 5.10 Å². The summed E-state index contributed by atoms with van der Waals surface area (Å²) >= 11 is 0. The molecule has 3 N–H and O–H groups in total. The standard InChI is InChI=1S/C25H22N6O2S/c1-14-10-26-22(29-14)12-27-25(32)16-4-2-15(3-5-16)24-19-13-34(33)9-8-17(19)23-18-11-28-31-20(18)6-7-21(23)30-24/h2-7,10-11H,8-9,12-13H2,1H3,(H,26,29)(H,27,32)(H,28,31). The number of imidazole rings is 1. The fourth-order valence-electron chi connectivity index (χ4n) is 4.62. The van der Waals surface area contributed by atoms with Crippen LogP contribution in [0.3, 0.4) is 0 Å². The van der Waals surface area contributed by atoms with Crippen molar-refractivity contribution in [1.29, 1.82) is 0 Å². The Kier molecular flexibility index (Phi) is 4.99. The van der Waals surface area contributed by atoms with Crippen molar-refractivity contribution in [3.63, 3.8) is 0 Å². The van der Waals surface area contributed by atoms with E-state index in [1.54, 1.807) is 18.3 Å². The first kappa shape index (κ1) is 20.7. The number of aryl methyl sites for hydroxylation is 2. The van der Waals surface area contributed by atoms with Crippen LogP contribution in [0.5, 0.6) is 0 Å². The third-order valence-corrected chi connectivity index (χ3v) is 7.53. The van der Waals surface area contributed by atoms with Gasteiger partial charge in [-0.05, 0) is 48.7 Å². The van der Waals surface area contributed by atoms with Gasteiger partial charge in [0.2, 0.25) is 0 Å². The second-order valence-electron chi connectivity index (χ2n) is 8.52. The molecule has 0 radical (unpaired) electrons. The van der Waals surface area contributed by atoms with Crippen molar-refractivity contribution in [3.05, 3.63) is 77.0 Å². The Balaban J connectivity index is 1.37. The molecule has 4 heterocycles. The van der Waals surface area contributed by atoms with Crippen LogP contribution < -0.4 is 5.32 Å². The summed E-state index contributed by atoms with van der Waals surface area (Å²) < 4.78 is 12.5. The van der Waals surface area contributed by atoms with Gasteiger partial charge in [0.05, 0.1) is 35.2 Å². The summed E-state index contributed by atoms with van der Waals surface area (Å²) in [5.74, 6) is 1.67. The lowest BCUT2D eigenvalue weighted by Crippen LogP contribution is -2.23. The van der Waals surface area contributed by atoms with Crippen molar-refractivity contribution in [3.8, 4) is 11.3 Å². The summed E-state index contributed by atoms with van der Waals surface area (Å²) in [6.45, 7) is 2.26. The van der Waals surface area contributed by atoms with Crippen LogP contribution in [0.2, 0.25) is 0 Å². The molecule has 3 aromatic heterocycles. The fraction of sp³-hybridized carbons (Fsp3) is 0.200. The molecule has 0 fully saturated rings. The number of H-pyrrole nitrogens is 2. The van der Waals surface area contributed by atoms with Gasteiger partial charge in [-0.15, -0.1) is 0 Å². The average molecular weight is 471 g/mol. The van der Waals surface area contributed by atoms with Gasteiger partial charge in [-0.25, -0.2) is 9.97 Å². The Bertz CT molecular complexity index is 1580. The molecule has 1 amide bonds. The van der Waals surface area contributed by atoms with Crippen molar-refractivity contribution in [2.75, 3.05) is 5.75 Å². The lowest BCUT2D eigenvalue weighted by molar-refractivity contribution is 0.0950. The van der Waals surface area contributed by atoms with E-state index in [4.69, 9.17) is 4.98 Å². The van der Waals surface area contributed by atoms with Crippen molar-refractivity contribution in [2.24, 2.45) is 0 Å². The minimum Gasteiger partial charge on any atom is -0.345 e. The lowest BCUT2D eigenvalue weighted by atomic mass is 9.94. The molecule has 34 heavy (non-hydrogen) atoms. The van der Waals surface area contributed by atoms with Crippen molar-refractivity contribution < 1.29 is 9.00 Å². The van der Waals surface area contributed by atoms with Crippen LogP contribution in [0, 0.1) is 6.92 Å². The van der Waals surface area contributed by atoms with E-state index < -0.39 is 10.8 Å². The van der Waals surface area contributed by atoms with Crippen LogP contribution in [0.4, 0.5) is 0 Å². The van der Waals surface area contributed by atoms with Crippen LogP contribution in [0.25, 0.3) is 33.1 Å². The number of aromatic nitrogens is 5. The van der Waals surface area contributed by atoms with Crippen molar-refractivity contribution in [2.45, 2.75) is 25.6 Å². The van der Waals surface area contributed by atoms with Gasteiger partial charge in [0.15, 0.2) is 0 Å². The fourth-order valence-corrected chi connectivity index (χ4v) is 5.83. The average Bonchev–Trinajstić information content (AvgIpc) is 3.50. The molecule has 170 valence electrons. The highest BCUT2D eigenvalue weighted by Crippen LogP contribution is 2.37. The normalized spacial score (nSPS) is 15.5. The van der Waals surface area contributed by atoms with Gasteiger partial charge >= 0.3 is 0 Å². The number of rotatable bonds is 4. The molecular weight excluding hydrogens is 448 g/mol. The second kappa shape index (κ2) is 8.18. The van der Waals surface area contributed by atoms with E-state index >= 15 is 0 Å². The van der Waals surface area contributed by atoms with Gasteiger partial charge in [0.25, 0.3) is 5.91 Å². The maximum absolute atomic E-state index is 12.6. The number of nitrogens with zero attached hydrogens (tertiary/aromatic N) is 3. The van der Waals surface area contributed by atoms with Crippen molar-refractivity contribution in [1.82, 2.24) is 30.5 Å². The quantitative estimate of drug-likeness (QED) is 0.371. The molecule has 2 aromatic carbocycles. The van der Waals surface area contributed by atoms with Crippen LogP contribution in [0.15, 0.2) is 48.8 Å². The van der Waals surface area contributed by atoms with E-state index in [0.29, 0.717) is 29.4 Å². The highest BCUT2D eigenvalue weighted by Gasteiger charge is 2.24. The maximum atomic E-state index is 12.6. The van der Waals surface area contributed by atoms with Gasteiger partial charge in [0.1, 0.15) is 5.82 Å². The van der Waals surface area contributed by atoms with E-state index in [9.17, 15) is 9.00 Å². The lowest BCUT2D eigenvalue weighted by Gasteiger charge is -2.21. The first-order valence-corrected chi connectivity index (χ1v) is 12.6. The molecule has 5 aromatic rings. The number of nitrogens with one attached hydrogen (secondary N) is 3. The van der Waals surface area contributed by atoms with Crippen LogP contribution in [-0.4, -0.2) is 41.0 Å². The van der Waals surface area contributed by atoms with Gasteiger partial charge < -0.3 is 10.3 Å². The van der Waals surface area contributed by atoms with Gasteiger partial charge in [0, 0.05) is 50.3 Å². The first-order valence-electron chi connectivity index (χ1n) is 11.1. The van der Waals surface area contributed by atoms with E-state index in [-0.39, 0.29) is 5.91 Å². The number of fused-ring (bicyclic) bond motifs is 5. The molecule has 0 saturated carbocycles. The predicted octanol–water partition coefficient (Wildman–Crippen LogP) is 3.54. The molecule has 0 bridgehead atoms. The van der Waals surface area contributed by atoms with E-state index in [2.05, 4.69) is 25.5 Å². The van der Waals surface area contributed by atoms with Crippen LogP contribution in [0.1, 0.15) is 33.0 Å². The predicted molar refractivity (Wildman–Crippen MR) is 132 cm³/mol. The number of hydrogen-bond acceptors (Lipinski definition) is 5. The topological polar surface area (TPSA) is 116 Å². The summed E-state index contributed by atoms with van der Waals surface area (Å²) in [4.78, 5) is 24.9.